The lowest BCUT2D eigenvalue weighted by Crippen LogP contribution is -2.38. The van der Waals surface area contributed by atoms with E-state index < -0.39 is 0 Å². The van der Waals surface area contributed by atoms with E-state index >= 15 is 0 Å². The van der Waals surface area contributed by atoms with E-state index in [4.69, 9.17) is 11.6 Å². The van der Waals surface area contributed by atoms with Gasteiger partial charge in [0.1, 0.15) is 6.54 Å². The Morgan fingerprint density at radius 2 is 1.82 bits per heavy atom. The molecule has 0 bridgehead atoms. The van der Waals surface area contributed by atoms with Crippen LogP contribution in [0.3, 0.4) is 0 Å². The minimum atomic E-state index is -0.324. The summed E-state index contributed by atoms with van der Waals surface area (Å²) in [6.07, 6.45) is 3.87. The van der Waals surface area contributed by atoms with Crippen LogP contribution in [0.25, 0.3) is 16.9 Å². The molecule has 3 rings (SSSR count). The van der Waals surface area contributed by atoms with Gasteiger partial charge in [-0.1, -0.05) is 61.4 Å². The van der Waals surface area contributed by atoms with Gasteiger partial charge in [0.05, 0.1) is 5.69 Å². The molecule has 172 valence electrons. The number of amides is 2. The minimum absolute atomic E-state index is 0.0748. The maximum atomic E-state index is 12.9. The summed E-state index contributed by atoms with van der Waals surface area (Å²) in [6, 6.07) is 15.3. The van der Waals surface area contributed by atoms with E-state index in [1.807, 2.05) is 67.9 Å². The lowest BCUT2D eigenvalue weighted by atomic mass is 10.1. The highest BCUT2D eigenvalue weighted by molar-refractivity contribution is 6.30. The second-order valence-electron chi connectivity index (χ2n) is 8.37. The zero-order valence-corrected chi connectivity index (χ0v) is 20.0. The summed E-state index contributed by atoms with van der Waals surface area (Å²) >= 11 is 6.02. The van der Waals surface area contributed by atoms with Crippen molar-refractivity contribution in [3.05, 3.63) is 78.0 Å². The fourth-order valence-corrected chi connectivity index (χ4v) is 3.48. The van der Waals surface area contributed by atoms with Crippen molar-refractivity contribution in [1.82, 2.24) is 14.5 Å². The number of aromatic nitrogens is 2. The monoisotopic (exact) mass is 464 g/mol. The first-order valence-electron chi connectivity index (χ1n) is 10.9. The van der Waals surface area contributed by atoms with Crippen LogP contribution in [0.4, 0.5) is 5.95 Å². The number of aryl methyl sites for hydroxylation is 1. The van der Waals surface area contributed by atoms with E-state index in [2.05, 4.69) is 16.9 Å². The maximum Gasteiger partial charge on any atom is 0.246 e. The SMILES string of the molecule is C=CCN(CC(=O)Nc1nc(-c2ccc(Cl)cc2)cn1-c1ccc(C)cc1)C(=O)CC(C)C. The summed E-state index contributed by atoms with van der Waals surface area (Å²) in [5.41, 5.74) is 3.57. The number of nitrogens with one attached hydrogen (secondary N) is 1. The number of anilines is 1. The number of halogens is 1. The molecule has 0 fully saturated rings. The molecule has 0 saturated heterocycles. The Hall–Kier alpha value is -3.38. The van der Waals surface area contributed by atoms with Crippen LogP contribution in [0.2, 0.25) is 5.02 Å². The molecule has 0 unspecified atom stereocenters. The second-order valence-corrected chi connectivity index (χ2v) is 8.81. The highest BCUT2D eigenvalue weighted by atomic mass is 35.5. The summed E-state index contributed by atoms with van der Waals surface area (Å²) < 4.78 is 1.83. The Bertz CT molecular complexity index is 1120. The maximum absolute atomic E-state index is 12.9. The summed E-state index contributed by atoms with van der Waals surface area (Å²) in [7, 11) is 0. The highest BCUT2D eigenvalue weighted by Gasteiger charge is 2.19. The number of carbonyl (C=O) groups is 2. The number of nitrogens with zero attached hydrogens (tertiary/aromatic N) is 3. The van der Waals surface area contributed by atoms with Crippen molar-refractivity contribution >= 4 is 29.4 Å². The minimum Gasteiger partial charge on any atom is -0.330 e. The van der Waals surface area contributed by atoms with E-state index in [0.29, 0.717) is 29.6 Å². The number of imidazole rings is 1. The number of rotatable bonds is 9. The molecule has 0 aliphatic carbocycles. The van der Waals surface area contributed by atoms with Crippen LogP contribution in [0.1, 0.15) is 25.8 Å². The molecular formula is C26H29ClN4O2. The molecule has 0 radical (unpaired) electrons. The quantitative estimate of drug-likeness (QED) is 0.425. The van der Waals surface area contributed by atoms with Gasteiger partial charge in [-0.15, -0.1) is 6.58 Å². The fourth-order valence-electron chi connectivity index (χ4n) is 3.36. The summed E-state index contributed by atoms with van der Waals surface area (Å²) in [5, 5.41) is 3.52. The lowest BCUT2D eigenvalue weighted by Gasteiger charge is -2.21. The molecule has 0 saturated carbocycles. The molecule has 1 heterocycles. The summed E-state index contributed by atoms with van der Waals surface area (Å²) in [4.78, 5) is 31.6. The molecule has 1 aromatic heterocycles. The zero-order valence-electron chi connectivity index (χ0n) is 19.2. The molecule has 3 aromatic rings. The van der Waals surface area contributed by atoms with Gasteiger partial charge < -0.3 is 4.90 Å². The highest BCUT2D eigenvalue weighted by Crippen LogP contribution is 2.26. The van der Waals surface area contributed by atoms with Crippen molar-refractivity contribution in [3.8, 4) is 16.9 Å². The van der Waals surface area contributed by atoms with E-state index in [1.165, 1.54) is 4.90 Å². The molecule has 0 aliphatic heterocycles. The van der Waals surface area contributed by atoms with Crippen LogP contribution >= 0.6 is 11.6 Å². The lowest BCUT2D eigenvalue weighted by molar-refractivity contribution is -0.134. The molecular weight excluding hydrogens is 436 g/mol. The first-order chi connectivity index (χ1) is 15.8. The van der Waals surface area contributed by atoms with Crippen molar-refractivity contribution < 1.29 is 9.59 Å². The Kier molecular flexibility index (Phi) is 8.06. The van der Waals surface area contributed by atoms with E-state index in [-0.39, 0.29) is 24.3 Å². The van der Waals surface area contributed by atoms with Crippen LogP contribution in [-0.4, -0.2) is 39.4 Å². The van der Waals surface area contributed by atoms with Gasteiger partial charge in [-0.05, 0) is 37.1 Å². The first kappa shape index (κ1) is 24.3. The van der Waals surface area contributed by atoms with E-state index in [1.54, 1.807) is 18.2 Å². The van der Waals surface area contributed by atoms with Gasteiger partial charge in [-0.2, -0.15) is 0 Å². The van der Waals surface area contributed by atoms with Crippen molar-refractivity contribution in [2.75, 3.05) is 18.4 Å². The van der Waals surface area contributed by atoms with Crippen molar-refractivity contribution in [3.63, 3.8) is 0 Å². The van der Waals surface area contributed by atoms with Gasteiger partial charge in [0.2, 0.25) is 17.8 Å². The molecule has 0 spiro atoms. The van der Waals surface area contributed by atoms with Crippen LogP contribution in [0.5, 0.6) is 0 Å². The van der Waals surface area contributed by atoms with Gasteiger partial charge in [0, 0.05) is 35.4 Å². The third-order valence-electron chi connectivity index (χ3n) is 5.03. The van der Waals surface area contributed by atoms with Gasteiger partial charge in [-0.3, -0.25) is 19.5 Å². The van der Waals surface area contributed by atoms with Crippen LogP contribution in [0.15, 0.2) is 67.4 Å². The summed E-state index contributed by atoms with van der Waals surface area (Å²) in [5.74, 6) is 0.179. The molecule has 2 aromatic carbocycles. The number of benzene rings is 2. The fraction of sp³-hybridized carbons (Fsp3) is 0.269. The zero-order chi connectivity index (χ0) is 24.0. The van der Waals surface area contributed by atoms with Crippen molar-refractivity contribution in [2.45, 2.75) is 27.2 Å². The van der Waals surface area contributed by atoms with Crippen LogP contribution < -0.4 is 5.32 Å². The number of hydrogen-bond donors (Lipinski definition) is 1. The molecule has 6 nitrogen and oxygen atoms in total. The predicted molar refractivity (Wildman–Crippen MR) is 134 cm³/mol. The molecule has 2 amide bonds. The number of hydrogen-bond acceptors (Lipinski definition) is 3. The molecule has 33 heavy (non-hydrogen) atoms. The van der Waals surface area contributed by atoms with E-state index in [0.717, 1.165) is 16.8 Å². The van der Waals surface area contributed by atoms with Gasteiger partial charge >= 0.3 is 0 Å². The van der Waals surface area contributed by atoms with Crippen LogP contribution in [0, 0.1) is 12.8 Å². The van der Waals surface area contributed by atoms with E-state index in [9.17, 15) is 9.59 Å². The Balaban J connectivity index is 1.89. The Morgan fingerprint density at radius 1 is 1.15 bits per heavy atom. The third-order valence-corrected chi connectivity index (χ3v) is 5.28. The smallest absolute Gasteiger partial charge is 0.246 e. The molecule has 0 aliphatic rings. The Morgan fingerprint density at radius 3 is 2.42 bits per heavy atom. The summed E-state index contributed by atoms with van der Waals surface area (Å²) in [6.45, 7) is 9.90. The molecule has 1 N–H and O–H groups in total. The average Bonchev–Trinajstić information content (AvgIpc) is 3.17. The second kappa shape index (κ2) is 11.0. The first-order valence-corrected chi connectivity index (χ1v) is 11.3. The van der Waals surface area contributed by atoms with Gasteiger partial charge in [-0.25, -0.2) is 4.98 Å². The molecule has 0 atom stereocenters. The van der Waals surface area contributed by atoms with Crippen LogP contribution in [-0.2, 0) is 9.59 Å². The normalized spacial score (nSPS) is 10.8. The average molecular weight is 465 g/mol. The third kappa shape index (κ3) is 6.56. The van der Waals surface area contributed by atoms with Gasteiger partial charge in [0.25, 0.3) is 0 Å². The standard InChI is InChI=1S/C26H29ClN4O2/c1-5-14-30(25(33)15-18(2)3)17-24(32)29-26-28-23(20-8-10-21(27)11-9-20)16-31(26)22-12-6-19(4)7-13-22/h5-13,16,18H,1,14-15,17H2,2-4H3,(H,28,29,32). The Labute approximate surface area is 199 Å². The van der Waals surface area contributed by atoms with Crippen molar-refractivity contribution in [1.29, 1.82) is 0 Å². The van der Waals surface area contributed by atoms with Gasteiger partial charge in [0.15, 0.2) is 0 Å². The largest absolute Gasteiger partial charge is 0.330 e. The van der Waals surface area contributed by atoms with Crippen molar-refractivity contribution in [2.24, 2.45) is 5.92 Å². The molecule has 7 heteroatoms. The predicted octanol–water partition coefficient (Wildman–Crippen LogP) is 5.50. The number of carbonyl (C=O) groups excluding carboxylic acids is 2. The topological polar surface area (TPSA) is 67.2 Å².